The lowest BCUT2D eigenvalue weighted by Crippen LogP contribution is -2.21. The molecular weight excluding hydrogens is 462 g/mol. The zero-order valence-corrected chi connectivity index (χ0v) is 19.5. The van der Waals surface area contributed by atoms with Gasteiger partial charge in [-0.25, -0.2) is 4.79 Å². The number of carbonyl (C=O) groups excluding carboxylic acids is 2. The highest BCUT2D eigenvalue weighted by molar-refractivity contribution is 7.09. The van der Waals surface area contributed by atoms with E-state index >= 15 is 0 Å². The van der Waals surface area contributed by atoms with Crippen molar-refractivity contribution in [1.82, 2.24) is 4.57 Å². The summed E-state index contributed by atoms with van der Waals surface area (Å²) < 4.78 is 18.2. The van der Waals surface area contributed by atoms with Crippen molar-refractivity contribution >= 4 is 34.6 Å². The number of nitro benzene ring substituents is 1. The van der Waals surface area contributed by atoms with Gasteiger partial charge in [0.05, 0.1) is 36.3 Å². The Kier molecular flexibility index (Phi) is 6.82. The SMILES string of the molecule is Cc1cc(C(=O)OCC(=O)Nc2cc3c(cc2[N+](=O)[O-])OCCCO3)c(C)n1Cc1cccs1. The predicted octanol–water partition coefficient (Wildman–Crippen LogP) is 4.08. The summed E-state index contributed by atoms with van der Waals surface area (Å²) in [5, 5.41) is 15.9. The summed E-state index contributed by atoms with van der Waals surface area (Å²) in [5.74, 6) is -0.813. The first-order chi connectivity index (χ1) is 16.3. The topological polar surface area (TPSA) is 122 Å². The average molecular weight is 486 g/mol. The molecule has 1 aromatic carbocycles. The van der Waals surface area contributed by atoms with Gasteiger partial charge in [-0.1, -0.05) is 6.07 Å². The Morgan fingerprint density at radius 1 is 1.21 bits per heavy atom. The van der Waals surface area contributed by atoms with E-state index in [0.717, 1.165) is 16.3 Å². The zero-order chi connectivity index (χ0) is 24.2. The van der Waals surface area contributed by atoms with Crippen LogP contribution in [0.4, 0.5) is 11.4 Å². The van der Waals surface area contributed by atoms with Gasteiger partial charge in [0, 0.05) is 28.8 Å². The standard InChI is InChI=1S/C23H23N3O7S/c1-14-9-17(15(2)25(14)12-16-5-3-8-34-16)23(28)33-13-22(27)24-18-10-20-21(11-19(18)26(29)30)32-7-4-6-31-20/h3,5,8-11H,4,6-7,12-13H2,1-2H3,(H,24,27). The van der Waals surface area contributed by atoms with E-state index in [4.69, 9.17) is 14.2 Å². The third-order valence-corrected chi connectivity index (χ3v) is 6.22. The number of amides is 1. The Morgan fingerprint density at radius 2 is 1.94 bits per heavy atom. The number of rotatable bonds is 7. The van der Waals surface area contributed by atoms with Crippen LogP contribution in [-0.2, 0) is 16.1 Å². The Bertz CT molecular complexity index is 1230. The molecule has 1 aliphatic heterocycles. The van der Waals surface area contributed by atoms with Gasteiger partial charge in [-0.05, 0) is 31.4 Å². The Labute approximate surface area is 199 Å². The van der Waals surface area contributed by atoms with Gasteiger partial charge in [0.15, 0.2) is 18.1 Å². The number of benzene rings is 1. The summed E-state index contributed by atoms with van der Waals surface area (Å²) in [5.41, 5.74) is 1.58. The van der Waals surface area contributed by atoms with Crippen molar-refractivity contribution in [3.8, 4) is 11.5 Å². The molecule has 0 saturated carbocycles. The molecule has 0 aliphatic carbocycles. The molecule has 1 amide bonds. The number of carbonyl (C=O) groups is 2. The van der Waals surface area contributed by atoms with Crippen molar-refractivity contribution in [2.45, 2.75) is 26.8 Å². The second-order valence-corrected chi connectivity index (χ2v) is 8.73. The van der Waals surface area contributed by atoms with Crippen LogP contribution in [0.5, 0.6) is 11.5 Å². The van der Waals surface area contributed by atoms with Crippen molar-refractivity contribution in [2.75, 3.05) is 25.1 Å². The van der Waals surface area contributed by atoms with E-state index in [-0.39, 0.29) is 17.1 Å². The molecule has 0 bridgehead atoms. The van der Waals surface area contributed by atoms with Crippen molar-refractivity contribution in [3.63, 3.8) is 0 Å². The number of hydrogen-bond acceptors (Lipinski definition) is 8. The van der Waals surface area contributed by atoms with Gasteiger partial charge in [-0.2, -0.15) is 0 Å². The van der Waals surface area contributed by atoms with Crippen LogP contribution in [0, 0.1) is 24.0 Å². The number of aryl methyl sites for hydroxylation is 1. The summed E-state index contributed by atoms with van der Waals surface area (Å²) in [6.45, 7) is 4.52. The number of nitrogens with one attached hydrogen (secondary N) is 1. The Hall–Kier alpha value is -3.86. The molecule has 0 spiro atoms. The van der Waals surface area contributed by atoms with E-state index in [1.165, 1.54) is 12.1 Å². The van der Waals surface area contributed by atoms with E-state index in [1.807, 2.05) is 35.9 Å². The van der Waals surface area contributed by atoms with Crippen LogP contribution in [0.15, 0.2) is 35.7 Å². The van der Waals surface area contributed by atoms with E-state index in [9.17, 15) is 19.7 Å². The highest BCUT2D eigenvalue weighted by Gasteiger charge is 2.24. The summed E-state index contributed by atoms with van der Waals surface area (Å²) >= 11 is 1.63. The Morgan fingerprint density at radius 3 is 2.62 bits per heavy atom. The number of thiophene rings is 1. The quantitative estimate of drug-likeness (QED) is 0.304. The van der Waals surface area contributed by atoms with Gasteiger partial charge in [0.25, 0.3) is 11.6 Å². The fourth-order valence-electron chi connectivity index (χ4n) is 3.65. The fourth-order valence-corrected chi connectivity index (χ4v) is 4.35. The monoisotopic (exact) mass is 485 g/mol. The third kappa shape index (κ3) is 5.04. The minimum Gasteiger partial charge on any atom is -0.489 e. The van der Waals surface area contributed by atoms with E-state index in [0.29, 0.717) is 37.5 Å². The van der Waals surface area contributed by atoms with Crippen LogP contribution in [0.2, 0.25) is 0 Å². The Balaban J connectivity index is 1.43. The van der Waals surface area contributed by atoms with Crippen LogP contribution in [-0.4, -0.2) is 41.2 Å². The first kappa shape index (κ1) is 23.3. The molecule has 1 aliphatic rings. The number of anilines is 1. The van der Waals surface area contributed by atoms with E-state index in [2.05, 4.69) is 5.32 Å². The first-order valence-electron chi connectivity index (χ1n) is 10.6. The number of esters is 1. The smallest absolute Gasteiger partial charge is 0.340 e. The molecule has 10 nitrogen and oxygen atoms in total. The lowest BCUT2D eigenvalue weighted by molar-refractivity contribution is -0.384. The van der Waals surface area contributed by atoms with Gasteiger partial charge in [-0.3, -0.25) is 14.9 Å². The molecular formula is C23H23N3O7S. The van der Waals surface area contributed by atoms with Crippen LogP contribution in [0.25, 0.3) is 0 Å². The molecule has 11 heteroatoms. The minimum atomic E-state index is -0.710. The van der Waals surface area contributed by atoms with Gasteiger partial charge >= 0.3 is 5.97 Å². The molecule has 0 atom stereocenters. The molecule has 4 rings (SSSR count). The van der Waals surface area contributed by atoms with Crippen LogP contribution in [0.3, 0.4) is 0 Å². The van der Waals surface area contributed by atoms with Gasteiger partial charge < -0.3 is 24.1 Å². The molecule has 3 aromatic rings. The second kappa shape index (κ2) is 9.96. The summed E-state index contributed by atoms with van der Waals surface area (Å²) in [6.07, 6.45) is 0.633. The number of aromatic nitrogens is 1. The summed E-state index contributed by atoms with van der Waals surface area (Å²) in [7, 11) is 0. The number of nitrogens with zero attached hydrogens (tertiary/aromatic N) is 2. The maximum Gasteiger partial charge on any atom is 0.340 e. The lowest BCUT2D eigenvalue weighted by atomic mass is 10.2. The van der Waals surface area contributed by atoms with Crippen molar-refractivity contribution < 1.29 is 28.7 Å². The largest absolute Gasteiger partial charge is 0.489 e. The molecule has 1 N–H and O–H groups in total. The highest BCUT2D eigenvalue weighted by Crippen LogP contribution is 2.39. The van der Waals surface area contributed by atoms with E-state index in [1.54, 1.807) is 17.4 Å². The molecule has 2 aromatic heterocycles. The van der Waals surface area contributed by atoms with Gasteiger partial charge in [0.2, 0.25) is 0 Å². The fraction of sp³-hybridized carbons (Fsp3) is 0.304. The molecule has 0 fully saturated rings. The maximum absolute atomic E-state index is 12.6. The van der Waals surface area contributed by atoms with Crippen molar-refractivity contribution in [1.29, 1.82) is 0 Å². The van der Waals surface area contributed by atoms with Crippen LogP contribution in [0.1, 0.15) is 33.0 Å². The lowest BCUT2D eigenvalue weighted by Gasteiger charge is -2.11. The molecule has 0 radical (unpaired) electrons. The molecule has 0 saturated heterocycles. The first-order valence-corrected chi connectivity index (χ1v) is 11.5. The van der Waals surface area contributed by atoms with E-state index < -0.39 is 23.4 Å². The molecule has 34 heavy (non-hydrogen) atoms. The normalized spacial score (nSPS) is 12.6. The summed E-state index contributed by atoms with van der Waals surface area (Å²) in [6, 6.07) is 8.26. The molecule has 0 unspecified atom stereocenters. The van der Waals surface area contributed by atoms with Gasteiger partial charge in [0.1, 0.15) is 5.69 Å². The molecule has 178 valence electrons. The minimum absolute atomic E-state index is 0.0653. The van der Waals surface area contributed by atoms with Crippen molar-refractivity contribution in [3.05, 3.63) is 67.7 Å². The molecule has 3 heterocycles. The van der Waals surface area contributed by atoms with Crippen molar-refractivity contribution in [2.24, 2.45) is 0 Å². The van der Waals surface area contributed by atoms with Crippen LogP contribution >= 0.6 is 11.3 Å². The number of nitro groups is 1. The second-order valence-electron chi connectivity index (χ2n) is 7.70. The number of ether oxygens (including phenoxy) is 3. The predicted molar refractivity (Wildman–Crippen MR) is 125 cm³/mol. The highest BCUT2D eigenvalue weighted by atomic mass is 32.1. The zero-order valence-electron chi connectivity index (χ0n) is 18.7. The van der Waals surface area contributed by atoms with Gasteiger partial charge in [-0.15, -0.1) is 11.3 Å². The van der Waals surface area contributed by atoms with Crippen LogP contribution < -0.4 is 14.8 Å². The number of hydrogen-bond donors (Lipinski definition) is 1. The summed E-state index contributed by atoms with van der Waals surface area (Å²) in [4.78, 5) is 37.1. The number of fused-ring (bicyclic) bond motifs is 1. The third-order valence-electron chi connectivity index (χ3n) is 5.36. The average Bonchev–Trinajstić information content (AvgIpc) is 3.34. The maximum atomic E-state index is 12.6.